The Morgan fingerprint density at radius 3 is 2.50 bits per heavy atom. The summed E-state index contributed by atoms with van der Waals surface area (Å²) in [5, 5.41) is 3.83. The van der Waals surface area contributed by atoms with E-state index in [4.69, 9.17) is 9.47 Å². The highest BCUT2D eigenvalue weighted by molar-refractivity contribution is 5.98. The summed E-state index contributed by atoms with van der Waals surface area (Å²) < 4.78 is 10.2. The highest BCUT2D eigenvalue weighted by atomic mass is 16.5. The van der Waals surface area contributed by atoms with Crippen LogP contribution in [0.2, 0.25) is 0 Å². The van der Waals surface area contributed by atoms with Crippen molar-refractivity contribution in [2.45, 2.75) is 19.4 Å². The maximum atomic E-state index is 12.5. The molecule has 168 valence electrons. The first kappa shape index (κ1) is 22.8. The maximum Gasteiger partial charge on any atom is 0.311 e. The quantitative estimate of drug-likeness (QED) is 0.604. The SMILES string of the molecule is COc1ccccc1C(=O)NN1C[C@H](C(=O)OCC(=O)N[C@@H](C)c2ccccc2)CC1=O. The Labute approximate surface area is 185 Å². The Balaban J connectivity index is 1.48. The van der Waals surface area contributed by atoms with E-state index in [9.17, 15) is 19.2 Å². The normalized spacial score (nSPS) is 16.2. The molecule has 0 spiro atoms. The molecule has 2 aromatic rings. The molecule has 2 atom stereocenters. The van der Waals surface area contributed by atoms with Crippen molar-refractivity contribution in [2.24, 2.45) is 5.92 Å². The van der Waals surface area contributed by atoms with E-state index >= 15 is 0 Å². The summed E-state index contributed by atoms with van der Waals surface area (Å²) in [6.45, 7) is 1.34. The summed E-state index contributed by atoms with van der Waals surface area (Å²) in [7, 11) is 1.44. The van der Waals surface area contributed by atoms with Crippen LogP contribution in [0.3, 0.4) is 0 Å². The van der Waals surface area contributed by atoms with Crippen LogP contribution in [-0.2, 0) is 19.1 Å². The van der Waals surface area contributed by atoms with Crippen LogP contribution in [0.15, 0.2) is 54.6 Å². The number of para-hydroxylation sites is 1. The molecular formula is C23H25N3O6. The molecule has 1 aliphatic heterocycles. The van der Waals surface area contributed by atoms with Crippen molar-refractivity contribution in [3.05, 3.63) is 65.7 Å². The van der Waals surface area contributed by atoms with Gasteiger partial charge in [-0.05, 0) is 24.6 Å². The number of nitrogens with zero attached hydrogens (tertiary/aromatic N) is 1. The molecule has 1 fully saturated rings. The van der Waals surface area contributed by atoms with E-state index in [0.717, 1.165) is 10.6 Å². The number of nitrogens with one attached hydrogen (secondary N) is 2. The number of benzene rings is 2. The molecule has 0 aromatic heterocycles. The third-order valence-corrected chi connectivity index (χ3v) is 5.07. The monoisotopic (exact) mass is 439 g/mol. The predicted octanol–water partition coefficient (Wildman–Crippen LogP) is 1.61. The van der Waals surface area contributed by atoms with Gasteiger partial charge in [0.1, 0.15) is 5.75 Å². The molecule has 0 unspecified atom stereocenters. The summed E-state index contributed by atoms with van der Waals surface area (Å²) in [6.07, 6.45) is -0.118. The van der Waals surface area contributed by atoms with Crippen LogP contribution in [-0.4, -0.2) is 49.0 Å². The van der Waals surface area contributed by atoms with E-state index < -0.39 is 36.2 Å². The fourth-order valence-electron chi connectivity index (χ4n) is 3.35. The molecule has 2 aromatic carbocycles. The number of carbonyl (C=O) groups is 4. The minimum absolute atomic E-state index is 0.0411. The number of esters is 1. The van der Waals surface area contributed by atoms with Crippen molar-refractivity contribution in [2.75, 3.05) is 20.3 Å². The van der Waals surface area contributed by atoms with E-state index in [1.807, 2.05) is 37.3 Å². The Morgan fingerprint density at radius 1 is 1.09 bits per heavy atom. The fraction of sp³-hybridized carbons (Fsp3) is 0.304. The minimum atomic E-state index is -0.778. The molecule has 32 heavy (non-hydrogen) atoms. The number of hydrogen-bond donors (Lipinski definition) is 2. The molecule has 0 aliphatic carbocycles. The van der Waals surface area contributed by atoms with Crippen molar-refractivity contribution < 1.29 is 28.7 Å². The Bertz CT molecular complexity index is 994. The van der Waals surface area contributed by atoms with Crippen molar-refractivity contribution in [3.63, 3.8) is 0 Å². The molecular weight excluding hydrogens is 414 g/mol. The summed E-state index contributed by atoms with van der Waals surface area (Å²) in [5.41, 5.74) is 3.68. The van der Waals surface area contributed by atoms with Gasteiger partial charge in [0.15, 0.2) is 6.61 Å². The van der Waals surface area contributed by atoms with Crippen molar-refractivity contribution in [3.8, 4) is 5.75 Å². The van der Waals surface area contributed by atoms with Gasteiger partial charge in [0.2, 0.25) is 5.91 Å². The Hall–Kier alpha value is -3.88. The number of methoxy groups -OCH3 is 1. The average Bonchev–Trinajstić information content (AvgIpc) is 3.18. The zero-order valence-corrected chi connectivity index (χ0v) is 17.9. The zero-order chi connectivity index (χ0) is 23.1. The molecule has 3 amide bonds. The second kappa shape index (κ2) is 10.4. The van der Waals surface area contributed by atoms with Gasteiger partial charge in [-0.2, -0.15) is 0 Å². The van der Waals surface area contributed by atoms with Crippen LogP contribution in [0.1, 0.15) is 35.3 Å². The lowest BCUT2D eigenvalue weighted by atomic mass is 10.1. The van der Waals surface area contributed by atoms with E-state index in [2.05, 4.69) is 10.7 Å². The van der Waals surface area contributed by atoms with Crippen LogP contribution < -0.4 is 15.5 Å². The smallest absolute Gasteiger partial charge is 0.311 e. The molecule has 1 heterocycles. The topological polar surface area (TPSA) is 114 Å². The van der Waals surface area contributed by atoms with E-state index in [1.54, 1.807) is 24.3 Å². The molecule has 2 N–H and O–H groups in total. The standard InChI is InChI=1S/C23H25N3O6/c1-15(16-8-4-3-5-9-16)24-20(27)14-32-23(30)17-12-21(28)26(13-17)25-22(29)18-10-6-7-11-19(18)31-2/h3-11,15,17H,12-14H2,1-2H3,(H,24,27)(H,25,29)/t15-,17+/m0/s1. The highest BCUT2D eigenvalue weighted by Gasteiger charge is 2.37. The van der Waals surface area contributed by atoms with Gasteiger partial charge in [0.05, 0.1) is 31.2 Å². The van der Waals surface area contributed by atoms with Gasteiger partial charge >= 0.3 is 5.97 Å². The number of carbonyl (C=O) groups excluding carboxylic acids is 4. The minimum Gasteiger partial charge on any atom is -0.496 e. The Kier molecular flexibility index (Phi) is 7.43. The van der Waals surface area contributed by atoms with Crippen LogP contribution >= 0.6 is 0 Å². The first-order chi connectivity index (χ1) is 15.4. The van der Waals surface area contributed by atoms with Gasteiger partial charge in [-0.25, -0.2) is 0 Å². The van der Waals surface area contributed by atoms with Crippen LogP contribution in [0.4, 0.5) is 0 Å². The van der Waals surface area contributed by atoms with Crippen molar-refractivity contribution in [1.82, 2.24) is 15.8 Å². The van der Waals surface area contributed by atoms with Gasteiger partial charge in [0, 0.05) is 6.42 Å². The molecule has 9 heteroatoms. The summed E-state index contributed by atoms with van der Waals surface area (Å²) >= 11 is 0. The van der Waals surface area contributed by atoms with Gasteiger partial charge in [-0.3, -0.25) is 29.6 Å². The van der Waals surface area contributed by atoms with E-state index in [1.165, 1.54) is 7.11 Å². The molecule has 1 aliphatic rings. The van der Waals surface area contributed by atoms with Crippen LogP contribution in [0, 0.1) is 5.92 Å². The lowest BCUT2D eigenvalue weighted by Crippen LogP contribution is -2.43. The maximum absolute atomic E-state index is 12.5. The zero-order valence-electron chi connectivity index (χ0n) is 17.9. The largest absolute Gasteiger partial charge is 0.496 e. The highest BCUT2D eigenvalue weighted by Crippen LogP contribution is 2.20. The van der Waals surface area contributed by atoms with Gasteiger partial charge in [-0.1, -0.05) is 42.5 Å². The molecule has 0 bridgehead atoms. The number of hydrazine groups is 1. The van der Waals surface area contributed by atoms with Crippen molar-refractivity contribution >= 4 is 23.7 Å². The van der Waals surface area contributed by atoms with E-state index in [-0.39, 0.29) is 24.6 Å². The van der Waals surface area contributed by atoms with Gasteiger partial charge in [0.25, 0.3) is 11.8 Å². The lowest BCUT2D eigenvalue weighted by Gasteiger charge is -2.18. The number of amides is 3. The summed E-state index contributed by atoms with van der Waals surface area (Å²) in [6, 6.07) is 15.7. The Morgan fingerprint density at radius 2 is 1.78 bits per heavy atom. The average molecular weight is 439 g/mol. The van der Waals surface area contributed by atoms with Gasteiger partial charge in [-0.15, -0.1) is 0 Å². The number of rotatable bonds is 8. The van der Waals surface area contributed by atoms with Crippen molar-refractivity contribution in [1.29, 1.82) is 0 Å². The second-order valence-electron chi connectivity index (χ2n) is 7.35. The number of hydrogen-bond acceptors (Lipinski definition) is 6. The molecule has 0 saturated carbocycles. The fourth-order valence-corrected chi connectivity index (χ4v) is 3.35. The first-order valence-corrected chi connectivity index (χ1v) is 10.1. The summed E-state index contributed by atoms with van der Waals surface area (Å²) in [5.74, 6) is -2.48. The van der Waals surface area contributed by atoms with E-state index in [0.29, 0.717) is 5.75 Å². The first-order valence-electron chi connectivity index (χ1n) is 10.1. The molecule has 0 radical (unpaired) electrons. The lowest BCUT2D eigenvalue weighted by molar-refractivity contribution is -0.152. The van der Waals surface area contributed by atoms with Crippen LogP contribution in [0.25, 0.3) is 0 Å². The molecule has 3 rings (SSSR count). The van der Waals surface area contributed by atoms with Gasteiger partial charge < -0.3 is 14.8 Å². The summed E-state index contributed by atoms with van der Waals surface area (Å²) in [4.78, 5) is 49.2. The second-order valence-corrected chi connectivity index (χ2v) is 7.35. The molecule has 1 saturated heterocycles. The third kappa shape index (κ3) is 5.63. The predicted molar refractivity (Wildman–Crippen MR) is 114 cm³/mol. The third-order valence-electron chi connectivity index (χ3n) is 5.07. The molecule has 9 nitrogen and oxygen atoms in total. The number of ether oxygens (including phenoxy) is 2. The van der Waals surface area contributed by atoms with Crippen LogP contribution in [0.5, 0.6) is 5.75 Å².